The van der Waals surface area contributed by atoms with Gasteiger partial charge in [0.05, 0.1) is 29.2 Å². The van der Waals surface area contributed by atoms with Crippen molar-refractivity contribution in [3.63, 3.8) is 0 Å². The van der Waals surface area contributed by atoms with Gasteiger partial charge in [-0.05, 0) is 24.5 Å². The molecule has 0 amide bonds. The van der Waals surface area contributed by atoms with E-state index in [1.807, 2.05) is 24.3 Å². The Morgan fingerprint density at radius 3 is 2.32 bits per heavy atom. The molecular weight excluding hydrogens is 436 g/mol. The quantitative estimate of drug-likeness (QED) is 0.298. The number of halogens is 1. The standard InChI is InChI=1S/C22H27ClN4O3S/c1-12(2)8-9-29-18-15-16(22(26)27-21(15)25)19(30-11-10-28-3)20(17(18)23)31-14-7-5-4-6-13(14)24/h4-7,12H,8-11,24H2,1-3H3,(H3,25,26,27). The number of amidine groups is 2. The molecule has 0 saturated heterocycles. The van der Waals surface area contributed by atoms with Crippen molar-refractivity contribution in [3.8, 4) is 11.5 Å². The maximum absolute atomic E-state index is 8.42. The van der Waals surface area contributed by atoms with Gasteiger partial charge in [0, 0.05) is 17.7 Å². The summed E-state index contributed by atoms with van der Waals surface area (Å²) in [4.78, 5) is 1.40. The van der Waals surface area contributed by atoms with E-state index < -0.39 is 0 Å². The number of fused-ring (bicyclic) bond motifs is 1. The predicted molar refractivity (Wildman–Crippen MR) is 126 cm³/mol. The van der Waals surface area contributed by atoms with E-state index in [0.717, 1.165) is 11.3 Å². The van der Waals surface area contributed by atoms with Gasteiger partial charge in [0.1, 0.15) is 29.1 Å². The Kier molecular flexibility index (Phi) is 7.69. The molecule has 1 aliphatic rings. The van der Waals surface area contributed by atoms with E-state index in [4.69, 9.17) is 42.4 Å². The van der Waals surface area contributed by atoms with E-state index >= 15 is 0 Å². The minimum atomic E-state index is 0.0637. The number of nitrogens with two attached hydrogens (primary N) is 1. The number of para-hydroxylation sites is 1. The van der Waals surface area contributed by atoms with Crippen molar-refractivity contribution in [2.24, 2.45) is 5.92 Å². The minimum absolute atomic E-state index is 0.0637. The van der Waals surface area contributed by atoms with E-state index in [2.05, 4.69) is 19.2 Å². The van der Waals surface area contributed by atoms with Gasteiger partial charge < -0.3 is 25.3 Å². The second-order valence-corrected chi connectivity index (χ2v) is 8.87. The number of benzene rings is 2. The Hall–Kier alpha value is -2.42. The second-order valence-electron chi connectivity index (χ2n) is 7.44. The molecule has 0 bridgehead atoms. The lowest BCUT2D eigenvalue weighted by Gasteiger charge is -2.20. The van der Waals surface area contributed by atoms with Crippen LogP contribution in [0.25, 0.3) is 0 Å². The van der Waals surface area contributed by atoms with Crippen LogP contribution in [-0.2, 0) is 4.74 Å². The summed E-state index contributed by atoms with van der Waals surface area (Å²) in [6, 6.07) is 7.47. The number of anilines is 1. The van der Waals surface area contributed by atoms with E-state index in [1.54, 1.807) is 7.11 Å². The highest BCUT2D eigenvalue weighted by atomic mass is 35.5. The summed E-state index contributed by atoms with van der Waals surface area (Å²) >= 11 is 8.20. The number of nitrogen functional groups attached to an aromatic ring is 1. The summed E-state index contributed by atoms with van der Waals surface area (Å²) in [7, 11) is 1.59. The Morgan fingerprint density at radius 1 is 1.03 bits per heavy atom. The van der Waals surface area contributed by atoms with Crippen molar-refractivity contribution in [1.29, 1.82) is 10.8 Å². The summed E-state index contributed by atoms with van der Waals surface area (Å²) in [5, 5.41) is 19.9. The molecule has 0 aliphatic carbocycles. The van der Waals surface area contributed by atoms with Crippen molar-refractivity contribution in [2.75, 3.05) is 32.7 Å². The molecule has 2 aromatic rings. The molecule has 0 fully saturated rings. The highest BCUT2D eigenvalue weighted by molar-refractivity contribution is 7.99. The third-order valence-electron chi connectivity index (χ3n) is 4.67. The molecule has 0 atom stereocenters. The summed E-state index contributed by atoms with van der Waals surface area (Å²) in [5.41, 5.74) is 7.67. The van der Waals surface area contributed by atoms with E-state index in [-0.39, 0.29) is 18.3 Å². The molecule has 0 spiro atoms. The molecule has 7 nitrogen and oxygen atoms in total. The molecule has 0 unspecified atom stereocenters. The first-order valence-electron chi connectivity index (χ1n) is 9.96. The molecule has 1 aliphatic heterocycles. The van der Waals surface area contributed by atoms with Gasteiger partial charge in [-0.3, -0.25) is 10.8 Å². The number of rotatable bonds is 10. The molecule has 3 rings (SSSR count). The maximum atomic E-state index is 8.42. The molecule has 0 aromatic heterocycles. The lowest BCUT2D eigenvalue weighted by atomic mass is 10.1. The highest BCUT2D eigenvalue weighted by Gasteiger charge is 2.35. The average molecular weight is 463 g/mol. The zero-order valence-corrected chi connectivity index (χ0v) is 19.4. The summed E-state index contributed by atoms with van der Waals surface area (Å²) < 4.78 is 17.2. The zero-order valence-electron chi connectivity index (χ0n) is 17.8. The minimum Gasteiger partial charge on any atom is -0.491 e. The summed E-state index contributed by atoms with van der Waals surface area (Å²) in [5.74, 6) is 1.39. The van der Waals surface area contributed by atoms with Crippen LogP contribution in [0.1, 0.15) is 31.4 Å². The lowest BCUT2D eigenvalue weighted by molar-refractivity contribution is 0.144. The SMILES string of the molecule is COCCOc1c(Sc2ccccc2N)c(Cl)c(OCCC(C)C)c2c1C(=N)NC2=N. The van der Waals surface area contributed by atoms with Crippen LogP contribution in [0, 0.1) is 16.7 Å². The fourth-order valence-corrected chi connectivity index (χ4v) is 4.39. The Balaban J connectivity index is 2.15. The smallest absolute Gasteiger partial charge is 0.150 e. The number of methoxy groups -OCH3 is 1. The largest absolute Gasteiger partial charge is 0.491 e. The zero-order chi connectivity index (χ0) is 22.5. The normalized spacial score (nSPS) is 12.8. The first-order chi connectivity index (χ1) is 14.8. The molecule has 2 aromatic carbocycles. The van der Waals surface area contributed by atoms with Gasteiger partial charge in [-0.25, -0.2) is 0 Å². The van der Waals surface area contributed by atoms with Crippen molar-refractivity contribution in [2.45, 2.75) is 30.1 Å². The van der Waals surface area contributed by atoms with Gasteiger partial charge >= 0.3 is 0 Å². The van der Waals surface area contributed by atoms with Gasteiger partial charge in [0.2, 0.25) is 0 Å². The van der Waals surface area contributed by atoms with E-state index in [9.17, 15) is 0 Å². The first-order valence-corrected chi connectivity index (χ1v) is 11.2. The average Bonchev–Trinajstić information content (AvgIpc) is 3.01. The Labute approximate surface area is 191 Å². The molecule has 9 heteroatoms. The molecule has 31 heavy (non-hydrogen) atoms. The Bertz CT molecular complexity index is 997. The van der Waals surface area contributed by atoms with Crippen molar-refractivity contribution < 1.29 is 14.2 Å². The van der Waals surface area contributed by atoms with Crippen LogP contribution in [0.3, 0.4) is 0 Å². The number of hydrogen-bond donors (Lipinski definition) is 4. The highest BCUT2D eigenvalue weighted by Crippen LogP contribution is 2.51. The van der Waals surface area contributed by atoms with Crippen LogP contribution < -0.4 is 20.5 Å². The van der Waals surface area contributed by atoms with Gasteiger partial charge in [0.15, 0.2) is 5.75 Å². The Morgan fingerprint density at radius 2 is 1.68 bits per heavy atom. The molecule has 0 saturated carbocycles. The van der Waals surface area contributed by atoms with Crippen molar-refractivity contribution in [3.05, 3.63) is 40.4 Å². The van der Waals surface area contributed by atoms with E-state index in [1.165, 1.54) is 11.8 Å². The fraction of sp³-hybridized carbons (Fsp3) is 0.364. The topological polar surface area (TPSA) is 113 Å². The molecular formula is C22H27ClN4O3S. The van der Waals surface area contributed by atoms with Crippen LogP contribution in [0.15, 0.2) is 34.1 Å². The molecule has 166 valence electrons. The summed E-state index contributed by atoms with van der Waals surface area (Å²) in [6.45, 7) is 5.31. The second kappa shape index (κ2) is 10.3. The first kappa shape index (κ1) is 23.2. The number of hydrogen-bond acceptors (Lipinski definition) is 7. The molecule has 5 N–H and O–H groups in total. The third-order valence-corrected chi connectivity index (χ3v) is 6.32. The van der Waals surface area contributed by atoms with Crippen molar-refractivity contribution >= 4 is 40.7 Å². The van der Waals surface area contributed by atoms with Crippen LogP contribution >= 0.6 is 23.4 Å². The van der Waals surface area contributed by atoms with Gasteiger partial charge in [-0.1, -0.05) is 49.3 Å². The maximum Gasteiger partial charge on any atom is 0.150 e. The van der Waals surface area contributed by atoms with Crippen LogP contribution in [0.2, 0.25) is 5.02 Å². The van der Waals surface area contributed by atoms with Gasteiger partial charge in [-0.15, -0.1) is 0 Å². The van der Waals surface area contributed by atoms with Crippen molar-refractivity contribution in [1.82, 2.24) is 5.32 Å². The van der Waals surface area contributed by atoms with Gasteiger partial charge in [0.25, 0.3) is 0 Å². The van der Waals surface area contributed by atoms with Crippen LogP contribution in [0.4, 0.5) is 5.69 Å². The number of ether oxygens (including phenoxy) is 3. The van der Waals surface area contributed by atoms with Crippen LogP contribution in [0.5, 0.6) is 11.5 Å². The monoisotopic (exact) mass is 462 g/mol. The van der Waals surface area contributed by atoms with Gasteiger partial charge in [-0.2, -0.15) is 0 Å². The lowest BCUT2D eigenvalue weighted by Crippen LogP contribution is -2.20. The molecule has 0 radical (unpaired) electrons. The fourth-order valence-electron chi connectivity index (χ4n) is 3.05. The number of nitrogens with one attached hydrogen (secondary N) is 3. The summed E-state index contributed by atoms with van der Waals surface area (Å²) in [6.07, 6.45) is 0.837. The molecule has 1 heterocycles. The van der Waals surface area contributed by atoms with E-state index in [0.29, 0.717) is 57.4 Å². The third kappa shape index (κ3) is 5.08. The predicted octanol–water partition coefficient (Wildman–Crippen LogP) is 4.78. The van der Waals surface area contributed by atoms with Crippen LogP contribution in [-0.4, -0.2) is 38.6 Å².